The Hall–Kier alpha value is -0.290. The maximum atomic E-state index is 5.23. The third-order valence-electron chi connectivity index (χ3n) is 2.30. The molecule has 0 saturated heterocycles. The fourth-order valence-corrected chi connectivity index (χ4v) is 3.94. The van der Waals surface area contributed by atoms with E-state index in [9.17, 15) is 0 Å². The molecule has 0 atom stereocenters. The van der Waals surface area contributed by atoms with Crippen LogP contribution in [0, 0.1) is 2.88 Å². The molecule has 0 aliphatic rings. The summed E-state index contributed by atoms with van der Waals surface area (Å²) in [5, 5.41) is 1.35. The Labute approximate surface area is 101 Å². The minimum absolute atomic E-state index is 0.946. The molecule has 1 nitrogen and oxygen atoms in total. The highest BCUT2D eigenvalue weighted by molar-refractivity contribution is 14.1. The van der Waals surface area contributed by atoms with Gasteiger partial charge in [0, 0.05) is 10.1 Å². The summed E-state index contributed by atoms with van der Waals surface area (Å²) < 4.78 is 7.98. The second-order valence-electron chi connectivity index (χ2n) is 3.07. The Bertz CT molecular complexity index is 462. The number of halogens is 1. The maximum absolute atomic E-state index is 5.23. The zero-order valence-corrected chi connectivity index (χ0v) is 11.1. The number of methoxy groups -OCH3 is 1. The van der Waals surface area contributed by atoms with Crippen LogP contribution in [0.4, 0.5) is 0 Å². The van der Waals surface area contributed by atoms with Crippen molar-refractivity contribution in [2.24, 2.45) is 0 Å². The maximum Gasteiger partial charge on any atom is 0.119 e. The molecule has 2 aromatic rings. The van der Waals surface area contributed by atoms with Crippen molar-refractivity contribution in [2.45, 2.75) is 13.3 Å². The van der Waals surface area contributed by atoms with Crippen molar-refractivity contribution < 1.29 is 4.74 Å². The van der Waals surface area contributed by atoms with E-state index >= 15 is 0 Å². The Kier molecular flexibility index (Phi) is 2.97. The molecule has 0 fully saturated rings. The van der Waals surface area contributed by atoms with Crippen LogP contribution in [-0.4, -0.2) is 7.11 Å². The standard InChI is InChI=1S/C11H11IOS/c1-3-8-9-6-7(13-2)4-5-10(9)14-11(8)12/h4-6H,3H2,1-2H3. The van der Waals surface area contributed by atoms with Gasteiger partial charge in [-0.3, -0.25) is 0 Å². The van der Waals surface area contributed by atoms with Crippen LogP contribution in [0.2, 0.25) is 0 Å². The topological polar surface area (TPSA) is 9.23 Å². The zero-order chi connectivity index (χ0) is 10.1. The fourth-order valence-electron chi connectivity index (χ4n) is 1.55. The molecule has 0 N–H and O–H groups in total. The average Bonchev–Trinajstić information content (AvgIpc) is 2.52. The lowest BCUT2D eigenvalue weighted by Crippen LogP contribution is -1.83. The van der Waals surface area contributed by atoms with Crippen molar-refractivity contribution in [3.05, 3.63) is 26.6 Å². The molecule has 0 spiro atoms. The number of thiophene rings is 1. The molecule has 3 heteroatoms. The van der Waals surface area contributed by atoms with E-state index in [2.05, 4.69) is 41.6 Å². The van der Waals surface area contributed by atoms with Crippen molar-refractivity contribution in [3.63, 3.8) is 0 Å². The van der Waals surface area contributed by atoms with Crippen LogP contribution in [0.25, 0.3) is 10.1 Å². The largest absolute Gasteiger partial charge is 0.497 e. The Morgan fingerprint density at radius 2 is 2.21 bits per heavy atom. The Morgan fingerprint density at radius 3 is 2.86 bits per heavy atom. The summed E-state index contributed by atoms with van der Waals surface area (Å²) in [5.74, 6) is 0.946. The Morgan fingerprint density at radius 1 is 1.43 bits per heavy atom. The molecule has 0 amide bonds. The highest BCUT2D eigenvalue weighted by atomic mass is 127. The monoisotopic (exact) mass is 318 g/mol. The van der Waals surface area contributed by atoms with Gasteiger partial charge in [0.15, 0.2) is 0 Å². The summed E-state index contributed by atoms with van der Waals surface area (Å²) in [7, 11) is 1.71. The highest BCUT2D eigenvalue weighted by Crippen LogP contribution is 2.34. The van der Waals surface area contributed by atoms with E-state index in [1.807, 2.05) is 17.4 Å². The smallest absolute Gasteiger partial charge is 0.119 e. The van der Waals surface area contributed by atoms with Crippen molar-refractivity contribution in [1.82, 2.24) is 0 Å². The van der Waals surface area contributed by atoms with Gasteiger partial charge in [-0.2, -0.15) is 0 Å². The molecule has 0 saturated carbocycles. The predicted molar refractivity (Wildman–Crippen MR) is 70.5 cm³/mol. The first-order valence-electron chi connectivity index (χ1n) is 4.51. The van der Waals surface area contributed by atoms with Crippen molar-refractivity contribution in [1.29, 1.82) is 0 Å². The summed E-state index contributed by atoms with van der Waals surface area (Å²) in [6.07, 6.45) is 1.09. The minimum atomic E-state index is 0.946. The first kappa shape index (κ1) is 10.2. The van der Waals surface area contributed by atoms with Crippen LogP contribution in [0.3, 0.4) is 0 Å². The van der Waals surface area contributed by atoms with Gasteiger partial charge in [-0.05, 0) is 52.8 Å². The van der Waals surface area contributed by atoms with Crippen molar-refractivity contribution in [3.8, 4) is 5.75 Å². The minimum Gasteiger partial charge on any atom is -0.497 e. The van der Waals surface area contributed by atoms with Crippen LogP contribution in [0.15, 0.2) is 18.2 Å². The van der Waals surface area contributed by atoms with E-state index in [0.29, 0.717) is 0 Å². The fraction of sp³-hybridized carbons (Fsp3) is 0.273. The van der Waals surface area contributed by atoms with Crippen molar-refractivity contribution in [2.75, 3.05) is 7.11 Å². The van der Waals surface area contributed by atoms with E-state index < -0.39 is 0 Å². The molecule has 0 aliphatic heterocycles. The van der Waals surface area contributed by atoms with Gasteiger partial charge in [0.2, 0.25) is 0 Å². The van der Waals surface area contributed by atoms with Gasteiger partial charge in [-0.15, -0.1) is 11.3 Å². The normalized spacial score (nSPS) is 10.8. The SMILES string of the molecule is CCc1c(I)sc2ccc(OC)cc12. The molecule has 0 unspecified atom stereocenters. The zero-order valence-electron chi connectivity index (χ0n) is 8.13. The number of rotatable bonds is 2. The summed E-state index contributed by atoms with van der Waals surface area (Å²) in [6, 6.07) is 6.29. The van der Waals surface area contributed by atoms with E-state index in [1.54, 1.807) is 7.11 Å². The van der Waals surface area contributed by atoms with Gasteiger partial charge >= 0.3 is 0 Å². The summed E-state index contributed by atoms with van der Waals surface area (Å²) in [6.45, 7) is 2.20. The van der Waals surface area contributed by atoms with E-state index in [1.165, 1.54) is 18.5 Å². The lowest BCUT2D eigenvalue weighted by atomic mass is 10.1. The van der Waals surface area contributed by atoms with Gasteiger partial charge in [0.1, 0.15) is 5.75 Å². The highest BCUT2D eigenvalue weighted by Gasteiger charge is 2.08. The molecular weight excluding hydrogens is 307 g/mol. The van der Waals surface area contributed by atoms with Gasteiger partial charge in [0.05, 0.1) is 9.99 Å². The number of ether oxygens (including phenoxy) is 1. The number of hydrogen-bond donors (Lipinski definition) is 0. The third kappa shape index (κ3) is 1.63. The van der Waals surface area contributed by atoms with Gasteiger partial charge in [-0.25, -0.2) is 0 Å². The van der Waals surface area contributed by atoms with Crippen LogP contribution in [0.1, 0.15) is 12.5 Å². The van der Waals surface area contributed by atoms with Crippen LogP contribution >= 0.6 is 33.9 Å². The molecule has 14 heavy (non-hydrogen) atoms. The summed E-state index contributed by atoms with van der Waals surface area (Å²) >= 11 is 4.27. The number of benzene rings is 1. The molecular formula is C11H11IOS. The number of hydrogen-bond acceptors (Lipinski definition) is 2. The molecule has 0 aliphatic carbocycles. The Balaban J connectivity index is 2.71. The predicted octanol–water partition coefficient (Wildman–Crippen LogP) is 4.08. The molecule has 1 aromatic heterocycles. The molecule has 0 bridgehead atoms. The third-order valence-corrected chi connectivity index (χ3v) is 4.62. The molecule has 2 rings (SSSR count). The lowest BCUT2D eigenvalue weighted by molar-refractivity contribution is 0.415. The first-order chi connectivity index (χ1) is 6.76. The van der Waals surface area contributed by atoms with Gasteiger partial charge < -0.3 is 4.74 Å². The second kappa shape index (κ2) is 4.06. The van der Waals surface area contributed by atoms with Crippen LogP contribution in [0.5, 0.6) is 5.75 Å². The average molecular weight is 318 g/mol. The summed E-state index contributed by atoms with van der Waals surface area (Å²) in [4.78, 5) is 0. The van der Waals surface area contributed by atoms with Gasteiger partial charge in [0.25, 0.3) is 0 Å². The molecule has 1 aromatic carbocycles. The van der Waals surface area contributed by atoms with Crippen molar-refractivity contribution >= 4 is 44.0 Å². The first-order valence-corrected chi connectivity index (χ1v) is 6.40. The summed E-state index contributed by atoms with van der Waals surface area (Å²) in [5.41, 5.74) is 1.45. The lowest BCUT2D eigenvalue weighted by Gasteiger charge is -2.00. The number of fused-ring (bicyclic) bond motifs is 1. The van der Waals surface area contributed by atoms with Crippen LogP contribution < -0.4 is 4.74 Å². The molecule has 0 radical (unpaired) electrons. The van der Waals surface area contributed by atoms with E-state index in [4.69, 9.17) is 4.74 Å². The van der Waals surface area contributed by atoms with Gasteiger partial charge in [-0.1, -0.05) is 6.92 Å². The number of aryl methyl sites for hydroxylation is 1. The van der Waals surface area contributed by atoms with Crippen LogP contribution in [-0.2, 0) is 6.42 Å². The molecule has 1 heterocycles. The molecule has 74 valence electrons. The van der Waals surface area contributed by atoms with E-state index in [-0.39, 0.29) is 0 Å². The van der Waals surface area contributed by atoms with E-state index in [0.717, 1.165) is 12.2 Å². The second-order valence-corrected chi connectivity index (χ2v) is 5.93. The quantitative estimate of drug-likeness (QED) is 0.758.